The van der Waals surface area contributed by atoms with Gasteiger partial charge in [-0.2, -0.15) is 0 Å². The first-order valence-electron chi connectivity index (χ1n) is 8.18. The predicted octanol–water partition coefficient (Wildman–Crippen LogP) is 1.64. The topological polar surface area (TPSA) is 91.4 Å². The molecule has 0 saturated carbocycles. The Morgan fingerprint density at radius 2 is 1.88 bits per heavy atom. The van der Waals surface area contributed by atoms with E-state index in [9.17, 15) is 14.4 Å². The molecule has 0 N–H and O–H groups in total. The van der Waals surface area contributed by atoms with E-state index in [1.807, 2.05) is 6.92 Å². The Labute approximate surface area is 143 Å². The minimum atomic E-state index is -1.09. The Morgan fingerprint density at radius 1 is 1.12 bits per heavy atom. The van der Waals surface area contributed by atoms with Crippen LogP contribution in [0.15, 0.2) is 12.1 Å². The van der Waals surface area contributed by atoms with E-state index in [1.165, 1.54) is 0 Å². The number of nitrogens with zero attached hydrogens (tertiary/aromatic N) is 1. The maximum Gasteiger partial charge on any atom is 0.509 e. The molecular formula is C17H17NO7. The zero-order valence-electron chi connectivity index (χ0n) is 13.6. The standard InChI is InChI=1S/C17H17NO7/c1-2-3-18-7-9-4-12-13(23-8-22-12)5-10(9)11(19)6-14-15(16(18)20)25-17(21)24-14/h4-5,14-15H,2-3,6-8H2,1H3/t14-,15+/m1/s1. The summed E-state index contributed by atoms with van der Waals surface area (Å²) >= 11 is 0. The average molecular weight is 347 g/mol. The minimum absolute atomic E-state index is 0.0974. The molecule has 1 saturated heterocycles. The van der Waals surface area contributed by atoms with Gasteiger partial charge in [-0.15, -0.1) is 0 Å². The van der Waals surface area contributed by atoms with Gasteiger partial charge in [-0.05, 0) is 24.1 Å². The van der Waals surface area contributed by atoms with Gasteiger partial charge in [-0.3, -0.25) is 9.59 Å². The molecule has 8 nitrogen and oxygen atoms in total. The van der Waals surface area contributed by atoms with Gasteiger partial charge in [0, 0.05) is 18.7 Å². The number of ether oxygens (including phenoxy) is 4. The van der Waals surface area contributed by atoms with Crippen LogP contribution in [0.3, 0.4) is 0 Å². The molecule has 1 aromatic carbocycles. The monoisotopic (exact) mass is 347 g/mol. The number of amides is 1. The maximum absolute atomic E-state index is 12.8. The third-order valence-electron chi connectivity index (χ3n) is 4.50. The largest absolute Gasteiger partial charge is 0.509 e. The van der Waals surface area contributed by atoms with Crippen molar-refractivity contribution < 1.29 is 33.3 Å². The summed E-state index contributed by atoms with van der Waals surface area (Å²) in [5.74, 6) is 0.470. The van der Waals surface area contributed by atoms with Crippen molar-refractivity contribution in [2.45, 2.75) is 38.5 Å². The number of carbonyl (C=O) groups is 3. The smallest absolute Gasteiger partial charge is 0.454 e. The Hall–Kier alpha value is -2.77. The molecule has 1 fully saturated rings. The number of fused-ring (bicyclic) bond motifs is 3. The fourth-order valence-electron chi connectivity index (χ4n) is 3.34. The maximum atomic E-state index is 12.8. The predicted molar refractivity (Wildman–Crippen MR) is 82.4 cm³/mol. The van der Waals surface area contributed by atoms with Crippen LogP contribution in [0, 0.1) is 0 Å². The van der Waals surface area contributed by atoms with Crippen molar-refractivity contribution in [3.63, 3.8) is 0 Å². The zero-order chi connectivity index (χ0) is 17.6. The molecule has 2 atom stereocenters. The first kappa shape index (κ1) is 15.7. The van der Waals surface area contributed by atoms with E-state index in [4.69, 9.17) is 18.9 Å². The Kier molecular flexibility index (Phi) is 3.74. The quantitative estimate of drug-likeness (QED) is 0.751. The molecule has 0 aliphatic carbocycles. The summed E-state index contributed by atoms with van der Waals surface area (Å²) in [5.41, 5.74) is 1.13. The van der Waals surface area contributed by atoms with Gasteiger partial charge in [0.25, 0.3) is 5.91 Å². The van der Waals surface area contributed by atoms with Crippen molar-refractivity contribution >= 4 is 17.8 Å². The number of ketones is 1. The second-order valence-electron chi connectivity index (χ2n) is 6.19. The van der Waals surface area contributed by atoms with Gasteiger partial charge in [0.1, 0.15) is 0 Å². The Balaban J connectivity index is 1.78. The lowest BCUT2D eigenvalue weighted by Gasteiger charge is -2.25. The molecule has 3 heterocycles. The van der Waals surface area contributed by atoms with Gasteiger partial charge < -0.3 is 23.8 Å². The SMILES string of the molecule is CCCN1Cc2cc3c(cc2C(=O)C[C@H]2OC(=O)O[C@@H]2C1=O)OCO3. The van der Waals surface area contributed by atoms with E-state index in [0.29, 0.717) is 29.2 Å². The lowest BCUT2D eigenvalue weighted by atomic mass is 9.98. The van der Waals surface area contributed by atoms with E-state index >= 15 is 0 Å². The van der Waals surface area contributed by atoms with E-state index < -0.39 is 18.4 Å². The van der Waals surface area contributed by atoms with Crippen LogP contribution in [0.4, 0.5) is 4.79 Å². The van der Waals surface area contributed by atoms with Gasteiger partial charge in [-0.1, -0.05) is 6.92 Å². The highest BCUT2D eigenvalue weighted by atomic mass is 16.8. The molecule has 0 bridgehead atoms. The summed E-state index contributed by atoms with van der Waals surface area (Å²) in [7, 11) is 0. The van der Waals surface area contributed by atoms with Crippen LogP contribution in [0.2, 0.25) is 0 Å². The average Bonchev–Trinajstić information content (AvgIpc) is 3.18. The van der Waals surface area contributed by atoms with Crippen LogP contribution in [-0.4, -0.2) is 48.3 Å². The fraction of sp³-hybridized carbons (Fsp3) is 0.471. The highest BCUT2D eigenvalue weighted by Gasteiger charge is 2.46. The van der Waals surface area contributed by atoms with E-state index in [-0.39, 0.29) is 31.4 Å². The van der Waals surface area contributed by atoms with Crippen molar-refractivity contribution in [2.75, 3.05) is 13.3 Å². The first-order chi connectivity index (χ1) is 12.1. The minimum Gasteiger partial charge on any atom is -0.454 e. The van der Waals surface area contributed by atoms with Crippen molar-refractivity contribution in [1.82, 2.24) is 4.90 Å². The van der Waals surface area contributed by atoms with Crippen LogP contribution >= 0.6 is 0 Å². The lowest BCUT2D eigenvalue weighted by Crippen LogP contribution is -2.43. The van der Waals surface area contributed by atoms with Gasteiger partial charge in [0.2, 0.25) is 12.9 Å². The normalized spacial score (nSPS) is 24.7. The molecule has 3 aliphatic heterocycles. The molecule has 0 radical (unpaired) electrons. The van der Waals surface area contributed by atoms with Crippen molar-refractivity contribution in [2.24, 2.45) is 0 Å². The van der Waals surface area contributed by atoms with Gasteiger partial charge in [-0.25, -0.2) is 4.79 Å². The number of hydrogen-bond donors (Lipinski definition) is 0. The molecule has 0 aromatic heterocycles. The second-order valence-corrected chi connectivity index (χ2v) is 6.19. The van der Waals surface area contributed by atoms with Crippen molar-refractivity contribution in [3.05, 3.63) is 23.3 Å². The molecule has 1 aromatic rings. The molecule has 8 heteroatoms. The summed E-state index contributed by atoms with van der Waals surface area (Å²) in [6, 6.07) is 3.37. The van der Waals surface area contributed by atoms with Crippen LogP contribution in [0.5, 0.6) is 11.5 Å². The second kappa shape index (κ2) is 5.94. The molecule has 0 spiro atoms. The molecule has 4 rings (SSSR count). The van der Waals surface area contributed by atoms with Gasteiger partial charge in [0.15, 0.2) is 23.4 Å². The third kappa shape index (κ3) is 2.67. The molecule has 132 valence electrons. The lowest BCUT2D eigenvalue weighted by molar-refractivity contribution is -0.140. The van der Waals surface area contributed by atoms with E-state index in [2.05, 4.69) is 0 Å². The number of carbonyl (C=O) groups excluding carboxylic acids is 3. The highest BCUT2D eigenvalue weighted by molar-refractivity contribution is 6.00. The first-order valence-corrected chi connectivity index (χ1v) is 8.18. The van der Waals surface area contributed by atoms with Crippen LogP contribution < -0.4 is 9.47 Å². The number of benzene rings is 1. The zero-order valence-corrected chi connectivity index (χ0v) is 13.6. The summed E-state index contributed by atoms with van der Waals surface area (Å²) < 4.78 is 20.8. The molecule has 25 heavy (non-hydrogen) atoms. The van der Waals surface area contributed by atoms with Crippen molar-refractivity contribution in [3.8, 4) is 11.5 Å². The number of Topliss-reactive ketones (excluding diaryl/α,β-unsaturated/α-hetero) is 1. The Bertz CT molecular complexity index is 760. The summed E-state index contributed by atoms with van der Waals surface area (Å²) in [6.45, 7) is 2.74. The van der Waals surface area contributed by atoms with Crippen molar-refractivity contribution in [1.29, 1.82) is 0 Å². The van der Waals surface area contributed by atoms with E-state index in [0.717, 1.165) is 6.42 Å². The van der Waals surface area contributed by atoms with E-state index in [1.54, 1.807) is 17.0 Å². The highest BCUT2D eigenvalue weighted by Crippen LogP contribution is 2.37. The van der Waals surface area contributed by atoms with Crippen LogP contribution in [0.1, 0.15) is 35.7 Å². The molecule has 1 amide bonds. The summed E-state index contributed by atoms with van der Waals surface area (Å²) in [6.07, 6.45) is -2.31. The molecular weight excluding hydrogens is 330 g/mol. The number of hydrogen-bond acceptors (Lipinski definition) is 7. The third-order valence-corrected chi connectivity index (χ3v) is 4.50. The molecule has 3 aliphatic rings. The molecule has 0 unspecified atom stereocenters. The van der Waals surface area contributed by atoms with Crippen LogP contribution in [0.25, 0.3) is 0 Å². The van der Waals surface area contributed by atoms with Crippen LogP contribution in [-0.2, 0) is 20.8 Å². The Morgan fingerprint density at radius 3 is 2.64 bits per heavy atom. The van der Waals surface area contributed by atoms with Gasteiger partial charge >= 0.3 is 6.16 Å². The summed E-state index contributed by atoms with van der Waals surface area (Å²) in [5, 5.41) is 0. The number of rotatable bonds is 2. The van der Waals surface area contributed by atoms with Gasteiger partial charge in [0.05, 0.1) is 6.42 Å². The summed E-state index contributed by atoms with van der Waals surface area (Å²) in [4.78, 5) is 38.6. The fourth-order valence-corrected chi connectivity index (χ4v) is 3.34.